The fourth-order valence-corrected chi connectivity index (χ4v) is 1.76. The van der Waals surface area contributed by atoms with E-state index in [0.29, 0.717) is 0 Å². The summed E-state index contributed by atoms with van der Waals surface area (Å²) in [6.45, 7) is 5.60. The molecule has 0 aromatic carbocycles. The standard InChI is InChI=1S/C10H17N3.CH5N/c1-2-4-12-10(3-1)9-13-7-5-11-6-8-13;1-2/h3-4,11H,1-2,5-9H2;2H2,1H3. The molecular weight excluding hydrogens is 188 g/mol. The van der Waals surface area contributed by atoms with E-state index >= 15 is 0 Å². The van der Waals surface area contributed by atoms with Crippen LogP contribution in [0.15, 0.2) is 16.8 Å². The van der Waals surface area contributed by atoms with Crippen LogP contribution >= 0.6 is 0 Å². The normalized spacial score (nSPS) is 21.6. The molecule has 4 nitrogen and oxygen atoms in total. The van der Waals surface area contributed by atoms with Crippen molar-refractivity contribution >= 4 is 6.21 Å². The lowest BCUT2D eigenvalue weighted by molar-refractivity contribution is 0.258. The van der Waals surface area contributed by atoms with Crippen molar-refractivity contribution in [2.45, 2.75) is 12.8 Å². The molecule has 15 heavy (non-hydrogen) atoms. The number of aliphatic imine (C=N–C) groups is 1. The van der Waals surface area contributed by atoms with Crippen molar-refractivity contribution in [3.63, 3.8) is 0 Å². The monoisotopic (exact) mass is 210 g/mol. The number of nitrogens with one attached hydrogen (secondary N) is 1. The molecule has 0 unspecified atom stereocenters. The first-order valence-corrected chi connectivity index (χ1v) is 5.67. The van der Waals surface area contributed by atoms with Gasteiger partial charge in [0.2, 0.25) is 0 Å². The molecule has 2 aliphatic heterocycles. The number of allylic oxidation sites excluding steroid dienone is 1. The Morgan fingerprint density at radius 1 is 1.33 bits per heavy atom. The van der Waals surface area contributed by atoms with Gasteiger partial charge in [-0.05, 0) is 19.9 Å². The lowest BCUT2D eigenvalue weighted by Gasteiger charge is -2.27. The van der Waals surface area contributed by atoms with Crippen LogP contribution in [0, 0.1) is 0 Å². The van der Waals surface area contributed by atoms with Gasteiger partial charge in [0.05, 0.1) is 0 Å². The van der Waals surface area contributed by atoms with E-state index in [1.165, 1.54) is 19.2 Å². The zero-order valence-corrected chi connectivity index (χ0v) is 9.58. The molecule has 0 bridgehead atoms. The Hall–Kier alpha value is -0.710. The van der Waals surface area contributed by atoms with Crippen LogP contribution in [0.4, 0.5) is 0 Å². The summed E-state index contributed by atoms with van der Waals surface area (Å²) < 4.78 is 0. The molecule has 1 fully saturated rings. The third-order valence-electron chi connectivity index (χ3n) is 2.53. The van der Waals surface area contributed by atoms with E-state index < -0.39 is 0 Å². The van der Waals surface area contributed by atoms with Crippen LogP contribution in [0.3, 0.4) is 0 Å². The molecule has 86 valence electrons. The Kier molecular flexibility index (Phi) is 6.23. The van der Waals surface area contributed by atoms with Gasteiger partial charge < -0.3 is 11.1 Å². The van der Waals surface area contributed by atoms with Crippen LogP contribution in [0.1, 0.15) is 12.8 Å². The second-order valence-electron chi connectivity index (χ2n) is 3.61. The maximum atomic E-state index is 4.50. The Morgan fingerprint density at radius 2 is 2.07 bits per heavy atom. The molecule has 3 N–H and O–H groups in total. The third kappa shape index (κ3) is 4.55. The van der Waals surface area contributed by atoms with E-state index in [4.69, 9.17) is 0 Å². The van der Waals surface area contributed by atoms with Gasteiger partial charge in [-0.3, -0.25) is 9.89 Å². The minimum Gasteiger partial charge on any atom is -0.333 e. The van der Waals surface area contributed by atoms with Gasteiger partial charge in [0, 0.05) is 44.6 Å². The average molecular weight is 210 g/mol. The highest BCUT2D eigenvalue weighted by Gasteiger charge is 2.10. The van der Waals surface area contributed by atoms with Gasteiger partial charge in [-0.1, -0.05) is 6.08 Å². The Morgan fingerprint density at radius 3 is 2.67 bits per heavy atom. The van der Waals surface area contributed by atoms with Crippen molar-refractivity contribution in [3.8, 4) is 0 Å². The molecule has 2 heterocycles. The zero-order chi connectivity index (χ0) is 10.9. The summed E-state index contributed by atoms with van der Waals surface area (Å²) in [5, 5.41) is 3.35. The number of nitrogens with two attached hydrogens (primary N) is 1. The number of rotatable bonds is 2. The Labute approximate surface area is 92.2 Å². The minimum atomic E-state index is 1.04. The maximum Gasteiger partial charge on any atom is 0.0500 e. The van der Waals surface area contributed by atoms with Gasteiger partial charge in [-0.15, -0.1) is 0 Å². The Bertz CT molecular complexity index is 217. The summed E-state index contributed by atoms with van der Waals surface area (Å²) >= 11 is 0. The molecule has 0 saturated carbocycles. The van der Waals surface area contributed by atoms with Crippen LogP contribution in [0.5, 0.6) is 0 Å². The second-order valence-corrected chi connectivity index (χ2v) is 3.61. The number of hydrogen-bond donors (Lipinski definition) is 2. The first kappa shape index (κ1) is 12.4. The van der Waals surface area contributed by atoms with Crippen LogP contribution in [0.25, 0.3) is 0 Å². The van der Waals surface area contributed by atoms with Gasteiger partial charge in [-0.2, -0.15) is 0 Å². The van der Waals surface area contributed by atoms with Crippen molar-refractivity contribution < 1.29 is 0 Å². The highest BCUT2D eigenvalue weighted by molar-refractivity contribution is 5.60. The largest absolute Gasteiger partial charge is 0.333 e. The summed E-state index contributed by atoms with van der Waals surface area (Å²) in [6.07, 6.45) is 6.59. The van der Waals surface area contributed by atoms with E-state index in [1.807, 2.05) is 6.21 Å². The highest BCUT2D eigenvalue weighted by Crippen LogP contribution is 2.08. The quantitative estimate of drug-likeness (QED) is 0.685. The van der Waals surface area contributed by atoms with Gasteiger partial charge >= 0.3 is 0 Å². The molecular formula is C11H22N4. The molecule has 4 heteroatoms. The van der Waals surface area contributed by atoms with Gasteiger partial charge in [-0.25, -0.2) is 0 Å². The molecule has 0 atom stereocenters. The van der Waals surface area contributed by atoms with Crippen molar-refractivity contribution in [1.82, 2.24) is 10.2 Å². The van der Waals surface area contributed by atoms with E-state index in [1.54, 1.807) is 0 Å². The molecule has 1 saturated heterocycles. The van der Waals surface area contributed by atoms with Crippen LogP contribution < -0.4 is 11.1 Å². The topological polar surface area (TPSA) is 53.6 Å². The van der Waals surface area contributed by atoms with Gasteiger partial charge in [0.15, 0.2) is 0 Å². The summed E-state index contributed by atoms with van der Waals surface area (Å²) in [5.41, 5.74) is 5.76. The average Bonchev–Trinajstić information content (AvgIpc) is 2.34. The third-order valence-corrected chi connectivity index (χ3v) is 2.53. The van der Waals surface area contributed by atoms with E-state index in [0.717, 1.165) is 39.1 Å². The lowest BCUT2D eigenvalue weighted by atomic mass is 10.2. The molecule has 0 amide bonds. The SMILES string of the molecule is C1=NC(CN2CCNCC2)=CCC1.CN. The zero-order valence-electron chi connectivity index (χ0n) is 9.58. The summed E-state index contributed by atoms with van der Waals surface area (Å²) in [6, 6.07) is 0. The van der Waals surface area contributed by atoms with Gasteiger partial charge in [0.1, 0.15) is 0 Å². The molecule has 0 aromatic rings. The smallest absolute Gasteiger partial charge is 0.0500 e. The molecule has 0 aromatic heterocycles. The minimum absolute atomic E-state index is 1.04. The van der Waals surface area contributed by atoms with Crippen LogP contribution in [0.2, 0.25) is 0 Å². The first-order valence-electron chi connectivity index (χ1n) is 5.67. The summed E-state index contributed by atoms with van der Waals surface area (Å²) in [4.78, 5) is 6.86. The van der Waals surface area contributed by atoms with Crippen molar-refractivity contribution in [3.05, 3.63) is 11.8 Å². The van der Waals surface area contributed by atoms with Crippen LogP contribution in [-0.2, 0) is 0 Å². The van der Waals surface area contributed by atoms with Crippen molar-refractivity contribution in [2.24, 2.45) is 10.7 Å². The van der Waals surface area contributed by atoms with E-state index in [-0.39, 0.29) is 0 Å². The molecule has 2 rings (SSSR count). The fourth-order valence-electron chi connectivity index (χ4n) is 1.76. The fraction of sp³-hybridized carbons (Fsp3) is 0.727. The molecule has 0 aliphatic carbocycles. The first-order chi connectivity index (χ1) is 7.45. The lowest BCUT2D eigenvalue weighted by Crippen LogP contribution is -2.44. The van der Waals surface area contributed by atoms with E-state index in [9.17, 15) is 0 Å². The van der Waals surface area contributed by atoms with E-state index in [2.05, 4.69) is 27.0 Å². The summed E-state index contributed by atoms with van der Waals surface area (Å²) in [7, 11) is 1.50. The molecule has 0 radical (unpaired) electrons. The van der Waals surface area contributed by atoms with Gasteiger partial charge in [0.25, 0.3) is 0 Å². The highest BCUT2D eigenvalue weighted by atomic mass is 15.2. The number of hydrogen-bond acceptors (Lipinski definition) is 4. The predicted molar refractivity (Wildman–Crippen MR) is 65.2 cm³/mol. The van der Waals surface area contributed by atoms with Crippen molar-refractivity contribution in [1.29, 1.82) is 0 Å². The Balaban J connectivity index is 0.000000531. The maximum absolute atomic E-state index is 4.50. The number of nitrogens with zero attached hydrogens (tertiary/aromatic N) is 2. The van der Waals surface area contributed by atoms with Crippen LogP contribution in [-0.4, -0.2) is 50.9 Å². The molecule has 2 aliphatic rings. The molecule has 0 spiro atoms. The van der Waals surface area contributed by atoms with Crippen molar-refractivity contribution in [2.75, 3.05) is 39.8 Å². The predicted octanol–water partition coefficient (Wildman–Crippen LogP) is 0.215. The second kappa shape index (κ2) is 7.56. The summed E-state index contributed by atoms with van der Waals surface area (Å²) in [5.74, 6) is 0. The number of piperazine rings is 1.